The van der Waals surface area contributed by atoms with Crippen LogP contribution in [-0.4, -0.2) is 35.2 Å². The van der Waals surface area contributed by atoms with Crippen LogP contribution in [0.4, 0.5) is 5.69 Å². The zero-order valence-corrected chi connectivity index (χ0v) is 19.1. The lowest BCUT2D eigenvalue weighted by Gasteiger charge is -2.22. The summed E-state index contributed by atoms with van der Waals surface area (Å²) >= 11 is 0. The molecular formula is C27H24N2O5. The average molecular weight is 456 g/mol. The van der Waals surface area contributed by atoms with Gasteiger partial charge in [0.25, 0.3) is 17.7 Å². The topological polar surface area (TPSA) is 92.8 Å². The van der Waals surface area contributed by atoms with Gasteiger partial charge in [0.15, 0.2) is 0 Å². The molecule has 0 aromatic heterocycles. The molecule has 1 aliphatic heterocycles. The molecule has 0 spiro atoms. The van der Waals surface area contributed by atoms with Crippen LogP contribution in [0.5, 0.6) is 0 Å². The number of imide groups is 1. The molecule has 3 aromatic rings. The normalized spacial score (nSPS) is 13.4. The third-order valence-electron chi connectivity index (χ3n) is 5.93. The summed E-state index contributed by atoms with van der Waals surface area (Å²) in [5.41, 5.74) is 2.92. The van der Waals surface area contributed by atoms with E-state index in [1.165, 1.54) is 23.1 Å². The van der Waals surface area contributed by atoms with Gasteiger partial charge in [0, 0.05) is 11.3 Å². The standard InChI is InChI=1S/C27H24N2O5/c1-4-34-27(33)20-11-8-12-23(16(20)2)28-24(30)19-13-14-21-22(15-19)26(32)29(25(21)31)17(3)18-9-6-5-7-10-18/h5-15,17H,4H2,1-3H3,(H,28,30). The predicted octanol–water partition coefficient (Wildman–Crippen LogP) is 4.78. The van der Waals surface area contributed by atoms with E-state index in [9.17, 15) is 19.2 Å². The summed E-state index contributed by atoms with van der Waals surface area (Å²) < 4.78 is 5.06. The first-order valence-corrected chi connectivity index (χ1v) is 11.0. The summed E-state index contributed by atoms with van der Waals surface area (Å²) in [5.74, 6) is -1.75. The van der Waals surface area contributed by atoms with E-state index >= 15 is 0 Å². The molecule has 7 heteroatoms. The number of rotatable bonds is 6. The highest BCUT2D eigenvalue weighted by atomic mass is 16.5. The van der Waals surface area contributed by atoms with E-state index in [-0.39, 0.29) is 29.2 Å². The van der Waals surface area contributed by atoms with Gasteiger partial charge in [0.1, 0.15) is 0 Å². The van der Waals surface area contributed by atoms with Gasteiger partial charge in [0.05, 0.1) is 29.3 Å². The van der Waals surface area contributed by atoms with Crippen LogP contribution in [0, 0.1) is 6.92 Å². The first kappa shape index (κ1) is 22.9. The van der Waals surface area contributed by atoms with E-state index in [0.717, 1.165) is 5.56 Å². The molecule has 0 saturated heterocycles. The van der Waals surface area contributed by atoms with Gasteiger partial charge in [-0.2, -0.15) is 0 Å². The molecule has 0 aliphatic carbocycles. The number of carbonyl (C=O) groups is 4. The van der Waals surface area contributed by atoms with Crippen molar-refractivity contribution in [3.05, 3.63) is 100 Å². The van der Waals surface area contributed by atoms with Crippen LogP contribution >= 0.6 is 0 Å². The van der Waals surface area contributed by atoms with Gasteiger partial charge >= 0.3 is 5.97 Å². The molecule has 0 fully saturated rings. The zero-order chi connectivity index (χ0) is 24.4. The fraction of sp³-hybridized carbons (Fsp3) is 0.185. The van der Waals surface area contributed by atoms with Gasteiger partial charge in [0.2, 0.25) is 0 Å². The Hall–Kier alpha value is -4.26. The molecule has 0 radical (unpaired) electrons. The van der Waals surface area contributed by atoms with Gasteiger partial charge in [-0.25, -0.2) is 4.79 Å². The minimum absolute atomic E-state index is 0.192. The van der Waals surface area contributed by atoms with Crippen molar-refractivity contribution in [1.82, 2.24) is 4.90 Å². The van der Waals surface area contributed by atoms with Crippen molar-refractivity contribution in [2.45, 2.75) is 26.8 Å². The number of nitrogens with zero attached hydrogens (tertiary/aromatic N) is 1. The SMILES string of the molecule is CCOC(=O)c1cccc(NC(=O)c2ccc3c(c2)C(=O)N(C(C)c2ccccc2)C3=O)c1C. The van der Waals surface area contributed by atoms with Crippen molar-refractivity contribution in [1.29, 1.82) is 0 Å². The van der Waals surface area contributed by atoms with E-state index in [4.69, 9.17) is 4.74 Å². The number of hydrogen-bond acceptors (Lipinski definition) is 5. The molecule has 1 atom stereocenters. The number of fused-ring (bicyclic) bond motifs is 1. The van der Waals surface area contributed by atoms with Crippen LogP contribution in [0.2, 0.25) is 0 Å². The second-order valence-electron chi connectivity index (χ2n) is 7.98. The van der Waals surface area contributed by atoms with Crippen molar-refractivity contribution in [3.8, 4) is 0 Å². The Morgan fingerprint density at radius 3 is 2.35 bits per heavy atom. The van der Waals surface area contributed by atoms with E-state index < -0.39 is 23.8 Å². The fourth-order valence-corrected chi connectivity index (χ4v) is 4.03. The van der Waals surface area contributed by atoms with Crippen LogP contribution in [-0.2, 0) is 4.74 Å². The summed E-state index contributed by atoms with van der Waals surface area (Å²) in [6.07, 6.45) is 0. The second-order valence-corrected chi connectivity index (χ2v) is 7.98. The average Bonchev–Trinajstić information content (AvgIpc) is 3.09. The smallest absolute Gasteiger partial charge is 0.338 e. The molecule has 1 heterocycles. The Morgan fingerprint density at radius 1 is 0.941 bits per heavy atom. The van der Waals surface area contributed by atoms with Crippen LogP contribution in [0.25, 0.3) is 0 Å². The first-order chi connectivity index (χ1) is 16.3. The predicted molar refractivity (Wildman–Crippen MR) is 127 cm³/mol. The third-order valence-corrected chi connectivity index (χ3v) is 5.93. The summed E-state index contributed by atoms with van der Waals surface area (Å²) in [4.78, 5) is 52.4. The molecule has 0 bridgehead atoms. The summed E-state index contributed by atoms with van der Waals surface area (Å²) in [6, 6.07) is 18.3. The monoisotopic (exact) mass is 456 g/mol. The number of esters is 1. The minimum atomic E-state index is -0.467. The number of carbonyl (C=O) groups excluding carboxylic acids is 4. The molecular weight excluding hydrogens is 432 g/mol. The highest BCUT2D eigenvalue weighted by Gasteiger charge is 2.39. The van der Waals surface area contributed by atoms with Crippen molar-refractivity contribution < 1.29 is 23.9 Å². The lowest BCUT2D eigenvalue weighted by Crippen LogP contribution is -2.32. The highest BCUT2D eigenvalue weighted by Crippen LogP contribution is 2.32. The van der Waals surface area contributed by atoms with Gasteiger partial charge in [-0.05, 0) is 62.2 Å². The molecule has 3 amide bonds. The molecule has 7 nitrogen and oxygen atoms in total. The Morgan fingerprint density at radius 2 is 1.65 bits per heavy atom. The molecule has 1 N–H and O–H groups in total. The fourth-order valence-electron chi connectivity index (χ4n) is 4.03. The first-order valence-electron chi connectivity index (χ1n) is 11.0. The summed E-state index contributed by atoms with van der Waals surface area (Å²) in [7, 11) is 0. The third kappa shape index (κ3) is 4.08. The van der Waals surface area contributed by atoms with Crippen molar-refractivity contribution >= 4 is 29.4 Å². The van der Waals surface area contributed by atoms with Crippen LogP contribution in [0.1, 0.15) is 72.4 Å². The number of hydrogen-bond donors (Lipinski definition) is 1. The Balaban J connectivity index is 1.58. The zero-order valence-electron chi connectivity index (χ0n) is 19.1. The van der Waals surface area contributed by atoms with Crippen molar-refractivity contribution in [2.75, 3.05) is 11.9 Å². The maximum atomic E-state index is 13.1. The number of ether oxygens (including phenoxy) is 1. The largest absolute Gasteiger partial charge is 0.462 e. The lowest BCUT2D eigenvalue weighted by molar-refractivity contribution is 0.0523. The Labute approximate surface area is 197 Å². The van der Waals surface area contributed by atoms with Gasteiger partial charge < -0.3 is 10.1 Å². The Bertz CT molecular complexity index is 1300. The number of benzene rings is 3. The van der Waals surface area contributed by atoms with E-state index in [0.29, 0.717) is 16.8 Å². The molecule has 1 unspecified atom stereocenters. The number of amides is 3. The molecule has 0 saturated carbocycles. The van der Waals surface area contributed by atoms with Crippen LogP contribution in [0.3, 0.4) is 0 Å². The minimum Gasteiger partial charge on any atom is -0.462 e. The maximum absolute atomic E-state index is 13.1. The Kier molecular flexibility index (Phi) is 6.27. The lowest BCUT2D eigenvalue weighted by atomic mass is 10.0. The molecule has 1 aliphatic rings. The summed E-state index contributed by atoms with van der Waals surface area (Å²) in [5, 5.41) is 2.78. The number of anilines is 1. The van der Waals surface area contributed by atoms with Gasteiger partial charge in [-0.3, -0.25) is 19.3 Å². The molecule has 34 heavy (non-hydrogen) atoms. The van der Waals surface area contributed by atoms with Gasteiger partial charge in [-0.15, -0.1) is 0 Å². The van der Waals surface area contributed by atoms with E-state index in [1.807, 2.05) is 30.3 Å². The second kappa shape index (κ2) is 9.31. The summed E-state index contributed by atoms with van der Waals surface area (Å²) in [6.45, 7) is 5.48. The van der Waals surface area contributed by atoms with Crippen LogP contribution < -0.4 is 5.32 Å². The maximum Gasteiger partial charge on any atom is 0.338 e. The van der Waals surface area contributed by atoms with E-state index in [2.05, 4.69) is 5.32 Å². The highest BCUT2D eigenvalue weighted by molar-refractivity contribution is 6.22. The van der Waals surface area contributed by atoms with Gasteiger partial charge in [-0.1, -0.05) is 36.4 Å². The van der Waals surface area contributed by atoms with E-state index in [1.54, 1.807) is 39.0 Å². The molecule has 172 valence electrons. The molecule has 4 rings (SSSR count). The van der Waals surface area contributed by atoms with Crippen molar-refractivity contribution in [2.24, 2.45) is 0 Å². The van der Waals surface area contributed by atoms with Crippen molar-refractivity contribution in [3.63, 3.8) is 0 Å². The molecule has 3 aromatic carbocycles. The van der Waals surface area contributed by atoms with Crippen LogP contribution in [0.15, 0.2) is 66.7 Å². The number of nitrogens with one attached hydrogen (secondary N) is 1. The quantitative estimate of drug-likeness (QED) is 0.426.